The number of carbonyl (C=O) groups is 1. The molecule has 4 nitrogen and oxygen atoms in total. The fraction of sp³-hybridized carbons (Fsp3) is 0.429. The van der Waals surface area contributed by atoms with Crippen molar-refractivity contribution >= 4 is 12.1 Å². The SMILES string of the molecule is CCOCC(=O)N/N=C/c1ccc(C(C)C)cc1. The van der Waals surface area contributed by atoms with Gasteiger partial charge in [-0.25, -0.2) is 5.43 Å². The molecular weight excluding hydrogens is 228 g/mol. The Kier molecular flexibility index (Phi) is 6.08. The number of rotatable bonds is 6. The Morgan fingerprint density at radius 2 is 2.06 bits per heavy atom. The summed E-state index contributed by atoms with van der Waals surface area (Å²) in [5, 5.41) is 3.86. The molecule has 0 saturated carbocycles. The second-order valence-corrected chi connectivity index (χ2v) is 4.25. The van der Waals surface area contributed by atoms with E-state index in [2.05, 4.69) is 36.5 Å². The van der Waals surface area contributed by atoms with Crippen molar-refractivity contribution in [1.29, 1.82) is 0 Å². The average Bonchev–Trinajstić information content (AvgIpc) is 2.37. The monoisotopic (exact) mass is 248 g/mol. The van der Waals surface area contributed by atoms with Gasteiger partial charge in [-0.3, -0.25) is 4.79 Å². The van der Waals surface area contributed by atoms with Gasteiger partial charge in [0.1, 0.15) is 6.61 Å². The van der Waals surface area contributed by atoms with Gasteiger partial charge in [-0.1, -0.05) is 38.1 Å². The molecular formula is C14H20N2O2. The Labute approximate surface area is 108 Å². The summed E-state index contributed by atoms with van der Waals surface area (Å²) >= 11 is 0. The number of carbonyl (C=O) groups excluding carboxylic acids is 1. The van der Waals surface area contributed by atoms with E-state index in [1.54, 1.807) is 6.21 Å². The summed E-state index contributed by atoms with van der Waals surface area (Å²) in [6.07, 6.45) is 1.62. The van der Waals surface area contributed by atoms with Crippen LogP contribution in [0.15, 0.2) is 29.4 Å². The summed E-state index contributed by atoms with van der Waals surface area (Å²) in [6, 6.07) is 8.09. The highest BCUT2D eigenvalue weighted by Crippen LogP contribution is 2.13. The molecule has 1 aromatic rings. The van der Waals surface area contributed by atoms with Crippen LogP contribution in [0.3, 0.4) is 0 Å². The first kappa shape index (κ1) is 14.4. The van der Waals surface area contributed by atoms with Gasteiger partial charge in [0.05, 0.1) is 6.21 Å². The molecule has 1 N–H and O–H groups in total. The molecule has 0 bridgehead atoms. The van der Waals surface area contributed by atoms with E-state index < -0.39 is 0 Å². The minimum atomic E-state index is -0.244. The fourth-order valence-corrected chi connectivity index (χ4v) is 1.37. The van der Waals surface area contributed by atoms with Crippen molar-refractivity contribution in [3.63, 3.8) is 0 Å². The third kappa shape index (κ3) is 5.10. The standard InChI is InChI=1S/C14H20N2O2/c1-4-18-10-14(17)16-15-9-12-5-7-13(8-6-12)11(2)3/h5-9,11H,4,10H2,1-3H3,(H,16,17)/b15-9+. The van der Waals surface area contributed by atoms with Gasteiger partial charge in [-0.15, -0.1) is 0 Å². The summed E-state index contributed by atoms with van der Waals surface area (Å²) in [5.74, 6) is 0.272. The number of hydrogen-bond acceptors (Lipinski definition) is 3. The molecule has 0 unspecified atom stereocenters. The Balaban J connectivity index is 2.44. The summed E-state index contributed by atoms with van der Waals surface area (Å²) in [6.45, 7) is 6.70. The third-order valence-corrected chi connectivity index (χ3v) is 2.44. The van der Waals surface area contributed by atoms with Crippen molar-refractivity contribution < 1.29 is 9.53 Å². The molecule has 0 fully saturated rings. The fourth-order valence-electron chi connectivity index (χ4n) is 1.37. The van der Waals surface area contributed by atoms with Crippen molar-refractivity contribution in [2.24, 2.45) is 5.10 Å². The van der Waals surface area contributed by atoms with Gasteiger partial charge in [0.15, 0.2) is 0 Å². The van der Waals surface area contributed by atoms with E-state index in [-0.39, 0.29) is 12.5 Å². The summed E-state index contributed by atoms with van der Waals surface area (Å²) < 4.78 is 4.95. The Hall–Kier alpha value is -1.68. The van der Waals surface area contributed by atoms with E-state index in [0.29, 0.717) is 12.5 Å². The van der Waals surface area contributed by atoms with Gasteiger partial charge in [-0.05, 0) is 24.0 Å². The minimum absolute atomic E-state index is 0.0418. The van der Waals surface area contributed by atoms with Crippen LogP contribution in [0.1, 0.15) is 37.8 Å². The first-order valence-corrected chi connectivity index (χ1v) is 6.13. The quantitative estimate of drug-likeness (QED) is 0.620. The van der Waals surface area contributed by atoms with E-state index >= 15 is 0 Å². The van der Waals surface area contributed by atoms with Crippen LogP contribution in [0.5, 0.6) is 0 Å². The predicted molar refractivity (Wildman–Crippen MR) is 72.8 cm³/mol. The molecule has 1 rings (SSSR count). The topological polar surface area (TPSA) is 50.7 Å². The normalized spacial score (nSPS) is 11.1. The molecule has 0 aliphatic heterocycles. The Bertz CT molecular complexity index is 397. The van der Waals surface area contributed by atoms with E-state index in [0.717, 1.165) is 5.56 Å². The molecule has 1 aromatic carbocycles. The second-order valence-electron chi connectivity index (χ2n) is 4.25. The van der Waals surface area contributed by atoms with Crippen LogP contribution in [0.2, 0.25) is 0 Å². The van der Waals surface area contributed by atoms with Crippen molar-refractivity contribution in [2.75, 3.05) is 13.2 Å². The van der Waals surface area contributed by atoms with Crippen LogP contribution in [0, 0.1) is 0 Å². The number of benzene rings is 1. The summed E-state index contributed by atoms with van der Waals surface area (Å²) in [4.78, 5) is 11.2. The molecule has 1 amide bonds. The lowest BCUT2D eigenvalue weighted by atomic mass is 10.0. The Morgan fingerprint density at radius 3 is 2.61 bits per heavy atom. The first-order chi connectivity index (χ1) is 8.63. The lowest BCUT2D eigenvalue weighted by molar-refractivity contribution is -0.125. The van der Waals surface area contributed by atoms with Gasteiger partial charge in [0.2, 0.25) is 0 Å². The highest BCUT2D eigenvalue weighted by atomic mass is 16.5. The molecule has 0 aliphatic carbocycles. The highest BCUT2D eigenvalue weighted by Gasteiger charge is 1.98. The van der Waals surface area contributed by atoms with Crippen molar-refractivity contribution in [2.45, 2.75) is 26.7 Å². The molecule has 18 heavy (non-hydrogen) atoms. The van der Waals surface area contributed by atoms with E-state index in [9.17, 15) is 4.79 Å². The zero-order valence-corrected chi connectivity index (χ0v) is 11.1. The summed E-state index contributed by atoms with van der Waals surface area (Å²) in [5.41, 5.74) is 4.65. The van der Waals surface area contributed by atoms with Crippen molar-refractivity contribution in [1.82, 2.24) is 5.43 Å². The number of amides is 1. The van der Waals surface area contributed by atoms with Gasteiger partial charge in [0.25, 0.3) is 5.91 Å². The van der Waals surface area contributed by atoms with E-state index in [1.807, 2.05) is 19.1 Å². The van der Waals surface area contributed by atoms with Crippen LogP contribution in [-0.4, -0.2) is 25.3 Å². The predicted octanol–water partition coefficient (Wildman–Crippen LogP) is 2.30. The second kappa shape index (κ2) is 7.61. The molecule has 0 aliphatic rings. The van der Waals surface area contributed by atoms with Gasteiger partial charge >= 0.3 is 0 Å². The molecule has 0 radical (unpaired) electrons. The number of ether oxygens (including phenoxy) is 1. The molecule has 0 heterocycles. The van der Waals surface area contributed by atoms with E-state index in [1.165, 1.54) is 5.56 Å². The number of nitrogens with zero attached hydrogens (tertiary/aromatic N) is 1. The maximum absolute atomic E-state index is 11.2. The lowest BCUT2D eigenvalue weighted by Gasteiger charge is -2.04. The molecule has 4 heteroatoms. The van der Waals surface area contributed by atoms with Gasteiger partial charge in [0, 0.05) is 6.61 Å². The third-order valence-electron chi connectivity index (χ3n) is 2.44. The van der Waals surface area contributed by atoms with E-state index in [4.69, 9.17) is 4.74 Å². The van der Waals surface area contributed by atoms with Gasteiger partial charge in [-0.2, -0.15) is 5.10 Å². The minimum Gasteiger partial charge on any atom is -0.372 e. The van der Waals surface area contributed by atoms with Crippen LogP contribution >= 0.6 is 0 Å². The van der Waals surface area contributed by atoms with Crippen LogP contribution < -0.4 is 5.43 Å². The number of hydrazone groups is 1. The summed E-state index contributed by atoms with van der Waals surface area (Å²) in [7, 11) is 0. The smallest absolute Gasteiger partial charge is 0.266 e. The van der Waals surface area contributed by atoms with Crippen molar-refractivity contribution in [3.8, 4) is 0 Å². The van der Waals surface area contributed by atoms with Crippen molar-refractivity contribution in [3.05, 3.63) is 35.4 Å². The molecule has 0 spiro atoms. The maximum Gasteiger partial charge on any atom is 0.266 e. The Morgan fingerprint density at radius 1 is 1.39 bits per heavy atom. The largest absolute Gasteiger partial charge is 0.372 e. The highest BCUT2D eigenvalue weighted by molar-refractivity contribution is 5.82. The maximum atomic E-state index is 11.2. The zero-order valence-electron chi connectivity index (χ0n) is 11.1. The first-order valence-electron chi connectivity index (χ1n) is 6.13. The van der Waals surface area contributed by atoms with Crippen LogP contribution in [0.25, 0.3) is 0 Å². The molecule has 0 aromatic heterocycles. The number of hydrogen-bond donors (Lipinski definition) is 1. The average molecular weight is 248 g/mol. The van der Waals surface area contributed by atoms with Crippen LogP contribution in [-0.2, 0) is 9.53 Å². The zero-order chi connectivity index (χ0) is 13.4. The molecule has 98 valence electrons. The molecule has 0 atom stereocenters. The van der Waals surface area contributed by atoms with Crippen LogP contribution in [0.4, 0.5) is 0 Å². The lowest BCUT2D eigenvalue weighted by Crippen LogP contribution is -2.22. The van der Waals surface area contributed by atoms with Gasteiger partial charge < -0.3 is 4.74 Å². The number of nitrogens with one attached hydrogen (secondary N) is 1. The molecule has 0 saturated heterocycles.